The standard InChI is InChI=1S/C31H37N3O3/c1-28-10-8-21-22-15-30(22)26(36)25(35)23(34(2)3)16-29(30)11-12-31(21,37-29)24(28)7-6-20(28)18-4-5-19-17(14-18)9-13-33-27(19)32/h4-6,8-9,13-14,22-26,35-36H,7,10-12,15-16H2,1-3H3,(H2,32,33). The number of aliphatic hydroxyl groups is 2. The van der Waals surface area contributed by atoms with E-state index in [1.807, 2.05) is 20.2 Å². The highest BCUT2D eigenvalue weighted by molar-refractivity contribution is 5.93. The van der Waals surface area contributed by atoms with Gasteiger partial charge in [-0.25, -0.2) is 4.98 Å². The molecule has 2 saturated carbocycles. The van der Waals surface area contributed by atoms with Crippen molar-refractivity contribution in [3.05, 3.63) is 53.8 Å². The van der Waals surface area contributed by atoms with Crippen molar-refractivity contribution in [2.24, 2.45) is 22.7 Å². The number of pyridine rings is 1. The number of aromatic nitrogens is 1. The summed E-state index contributed by atoms with van der Waals surface area (Å²) in [6.07, 6.45) is 11.0. The van der Waals surface area contributed by atoms with Gasteiger partial charge in [-0.1, -0.05) is 31.2 Å². The number of allylic oxidation sites excluding steroid dienone is 3. The number of fused-ring (bicyclic) bond motifs is 3. The molecule has 4 aliphatic carbocycles. The molecule has 9 unspecified atom stereocenters. The van der Waals surface area contributed by atoms with Crippen LogP contribution < -0.4 is 5.73 Å². The predicted molar refractivity (Wildman–Crippen MR) is 143 cm³/mol. The molecule has 1 aromatic heterocycles. The van der Waals surface area contributed by atoms with Crippen molar-refractivity contribution in [2.45, 2.75) is 74.9 Å². The maximum atomic E-state index is 11.5. The Hall–Kier alpha value is -2.25. The second-order valence-electron chi connectivity index (χ2n) is 13.3. The molecular weight excluding hydrogens is 462 g/mol. The van der Waals surface area contributed by atoms with Gasteiger partial charge in [0, 0.05) is 34.4 Å². The van der Waals surface area contributed by atoms with Crippen molar-refractivity contribution in [1.82, 2.24) is 9.88 Å². The van der Waals surface area contributed by atoms with Crippen LogP contribution in [0.25, 0.3) is 16.3 Å². The van der Waals surface area contributed by atoms with Gasteiger partial charge in [0.15, 0.2) is 0 Å². The highest BCUT2D eigenvalue weighted by atomic mass is 16.5. The number of nitrogens with two attached hydrogens (primary N) is 1. The molecule has 8 rings (SSSR count). The van der Waals surface area contributed by atoms with Gasteiger partial charge in [-0.2, -0.15) is 0 Å². The summed E-state index contributed by atoms with van der Waals surface area (Å²) in [5.74, 6) is 1.29. The van der Waals surface area contributed by atoms with Crippen LogP contribution in [0.2, 0.25) is 0 Å². The van der Waals surface area contributed by atoms with E-state index < -0.39 is 12.2 Å². The lowest BCUT2D eigenvalue weighted by atomic mass is 9.57. The number of hydrogen-bond acceptors (Lipinski definition) is 6. The van der Waals surface area contributed by atoms with Gasteiger partial charge in [0.2, 0.25) is 0 Å². The number of aliphatic hydroxyl groups excluding tert-OH is 2. The van der Waals surface area contributed by atoms with Gasteiger partial charge in [-0.3, -0.25) is 0 Å². The van der Waals surface area contributed by atoms with Crippen LogP contribution in [-0.2, 0) is 4.74 Å². The van der Waals surface area contributed by atoms with E-state index in [-0.39, 0.29) is 28.1 Å². The van der Waals surface area contributed by atoms with Crippen molar-refractivity contribution in [2.75, 3.05) is 19.8 Å². The smallest absolute Gasteiger partial charge is 0.131 e. The molecule has 0 amide bonds. The first-order valence-electron chi connectivity index (χ1n) is 14.0. The molecule has 4 fully saturated rings. The van der Waals surface area contributed by atoms with Crippen LogP contribution in [0.1, 0.15) is 51.0 Å². The topological polar surface area (TPSA) is 91.8 Å². The average Bonchev–Trinajstić information content (AvgIpc) is 3.40. The maximum absolute atomic E-state index is 11.5. The Morgan fingerprint density at radius 2 is 1.95 bits per heavy atom. The minimum Gasteiger partial charge on any atom is -0.390 e. The minimum absolute atomic E-state index is 0.0100. The van der Waals surface area contributed by atoms with E-state index in [4.69, 9.17) is 10.5 Å². The Morgan fingerprint density at radius 3 is 2.76 bits per heavy atom. The third kappa shape index (κ3) is 2.45. The van der Waals surface area contributed by atoms with Gasteiger partial charge in [-0.05, 0) is 92.8 Å². The van der Waals surface area contributed by atoms with Crippen molar-refractivity contribution in [3.8, 4) is 0 Å². The Morgan fingerprint density at radius 1 is 1.11 bits per heavy atom. The summed E-state index contributed by atoms with van der Waals surface area (Å²) >= 11 is 0. The summed E-state index contributed by atoms with van der Waals surface area (Å²) in [5.41, 5.74) is 9.31. The molecule has 6 aliphatic rings. The quantitative estimate of drug-likeness (QED) is 0.543. The second kappa shape index (κ2) is 6.84. The predicted octanol–water partition coefficient (Wildman–Crippen LogP) is 3.92. The Bertz CT molecular complexity index is 1420. The fourth-order valence-corrected chi connectivity index (χ4v) is 10.00. The number of ether oxygens (including phenoxy) is 1. The lowest BCUT2D eigenvalue weighted by molar-refractivity contribution is -0.248. The second-order valence-corrected chi connectivity index (χ2v) is 13.3. The largest absolute Gasteiger partial charge is 0.390 e. The zero-order chi connectivity index (χ0) is 25.5. The summed E-state index contributed by atoms with van der Waals surface area (Å²) in [7, 11) is 4.02. The van der Waals surface area contributed by atoms with Crippen molar-refractivity contribution < 1.29 is 14.9 Å². The average molecular weight is 500 g/mol. The summed E-state index contributed by atoms with van der Waals surface area (Å²) < 4.78 is 7.45. The van der Waals surface area contributed by atoms with Crippen LogP contribution in [0.5, 0.6) is 0 Å². The van der Waals surface area contributed by atoms with Crippen LogP contribution in [-0.4, -0.2) is 63.6 Å². The molecule has 3 spiro atoms. The van der Waals surface area contributed by atoms with Crippen molar-refractivity contribution in [1.29, 1.82) is 0 Å². The van der Waals surface area contributed by atoms with Gasteiger partial charge in [-0.15, -0.1) is 0 Å². The summed E-state index contributed by atoms with van der Waals surface area (Å²) in [6, 6.07) is 8.55. The molecule has 6 nitrogen and oxygen atoms in total. The fraction of sp³-hybridized carbons (Fsp3) is 0.581. The van der Waals surface area contributed by atoms with Crippen LogP contribution in [0.3, 0.4) is 0 Å². The highest BCUT2D eigenvalue weighted by Crippen LogP contribution is 2.81. The first kappa shape index (κ1) is 22.7. The summed E-state index contributed by atoms with van der Waals surface area (Å²) in [6.45, 7) is 2.44. The first-order chi connectivity index (χ1) is 17.7. The van der Waals surface area contributed by atoms with E-state index in [0.29, 0.717) is 17.7 Å². The number of nitrogens with zero attached hydrogens (tertiary/aromatic N) is 2. The zero-order valence-corrected chi connectivity index (χ0v) is 21.9. The summed E-state index contributed by atoms with van der Waals surface area (Å²) in [5, 5.41) is 24.8. The van der Waals surface area contributed by atoms with Gasteiger partial charge in [0.1, 0.15) is 5.82 Å². The molecule has 9 atom stereocenters. The molecule has 0 radical (unpaired) electrons. The van der Waals surface area contributed by atoms with Gasteiger partial charge in [0.25, 0.3) is 0 Å². The Balaban J connectivity index is 1.21. The van der Waals surface area contributed by atoms with Gasteiger partial charge in [0.05, 0.1) is 23.4 Å². The van der Waals surface area contributed by atoms with E-state index in [1.165, 1.54) is 16.7 Å². The minimum atomic E-state index is -0.735. The zero-order valence-electron chi connectivity index (χ0n) is 21.9. The molecule has 194 valence electrons. The number of likely N-dealkylation sites (N-methyl/N-ethyl adjacent to an activating group) is 1. The number of benzene rings is 1. The van der Waals surface area contributed by atoms with E-state index >= 15 is 0 Å². The van der Waals surface area contributed by atoms with Crippen LogP contribution in [0, 0.1) is 22.7 Å². The molecule has 37 heavy (non-hydrogen) atoms. The SMILES string of the molecule is CN(C)C1CC23CCC4(O2)C(=CCC2(C)C(c5ccc6c(N)nccc6c5)=CCC24)C2CC23C(O)C1O. The van der Waals surface area contributed by atoms with Gasteiger partial charge < -0.3 is 25.6 Å². The Labute approximate surface area is 218 Å². The van der Waals surface area contributed by atoms with E-state index in [2.05, 4.69) is 47.2 Å². The summed E-state index contributed by atoms with van der Waals surface area (Å²) in [4.78, 5) is 6.33. The number of nitrogen functional groups attached to an aromatic ring is 1. The molecule has 1 aromatic carbocycles. The number of hydrogen-bond donors (Lipinski definition) is 3. The molecule has 6 heteroatoms. The molecule has 2 aliphatic heterocycles. The Kier molecular flexibility index (Phi) is 4.20. The van der Waals surface area contributed by atoms with Crippen molar-refractivity contribution in [3.63, 3.8) is 0 Å². The fourth-order valence-electron chi connectivity index (χ4n) is 10.00. The lowest BCUT2D eigenvalue weighted by Crippen LogP contribution is -2.67. The third-order valence-electron chi connectivity index (χ3n) is 11.8. The lowest BCUT2D eigenvalue weighted by Gasteiger charge is -2.59. The van der Waals surface area contributed by atoms with Crippen LogP contribution in [0.15, 0.2) is 48.2 Å². The first-order valence-corrected chi connectivity index (χ1v) is 14.0. The van der Waals surface area contributed by atoms with Crippen molar-refractivity contribution >= 4 is 22.2 Å². The third-order valence-corrected chi connectivity index (χ3v) is 11.8. The van der Waals surface area contributed by atoms with Crippen LogP contribution in [0.4, 0.5) is 5.82 Å². The molecule has 3 heterocycles. The van der Waals surface area contributed by atoms with Crippen LogP contribution >= 0.6 is 0 Å². The highest BCUT2D eigenvalue weighted by Gasteiger charge is 2.84. The normalized spacial score (nSPS) is 47.1. The molecule has 4 N–H and O–H groups in total. The molecule has 2 saturated heterocycles. The van der Waals surface area contributed by atoms with E-state index in [0.717, 1.165) is 49.3 Å². The molecule has 2 aromatic rings. The van der Waals surface area contributed by atoms with Gasteiger partial charge >= 0.3 is 0 Å². The molecule has 2 bridgehead atoms. The number of anilines is 1. The maximum Gasteiger partial charge on any atom is 0.131 e. The van der Waals surface area contributed by atoms with E-state index in [9.17, 15) is 10.2 Å². The molecular formula is C31H37N3O3. The number of rotatable bonds is 2. The van der Waals surface area contributed by atoms with E-state index in [1.54, 1.807) is 6.20 Å². The monoisotopic (exact) mass is 499 g/mol.